The van der Waals surface area contributed by atoms with E-state index in [1.54, 1.807) is 0 Å². The van der Waals surface area contributed by atoms with Crippen LogP contribution >= 0.6 is 11.8 Å². The van der Waals surface area contributed by atoms with Crippen molar-refractivity contribution >= 4 is 28.7 Å². The van der Waals surface area contributed by atoms with Crippen molar-refractivity contribution in [3.8, 4) is 0 Å². The lowest BCUT2D eigenvalue weighted by atomic mass is 10.1. The fourth-order valence-electron chi connectivity index (χ4n) is 9.17. The molecule has 1 saturated heterocycles. The minimum absolute atomic E-state index is 0.179. The summed E-state index contributed by atoms with van der Waals surface area (Å²) in [6, 6.07) is 0. The zero-order valence-corrected chi connectivity index (χ0v) is 44.4. The van der Waals surface area contributed by atoms with Crippen molar-refractivity contribution in [3.63, 3.8) is 0 Å². The van der Waals surface area contributed by atoms with Crippen molar-refractivity contribution in [3.05, 3.63) is 0 Å². The molecule has 0 spiro atoms. The summed E-state index contributed by atoms with van der Waals surface area (Å²) in [5, 5.41) is 0.296. The van der Waals surface area contributed by atoms with Crippen LogP contribution in [0.25, 0.3) is 0 Å². The number of nitrogens with zero attached hydrogens (tertiary/aromatic N) is 5. The molecule has 2 amide bonds. The van der Waals surface area contributed by atoms with Crippen LogP contribution in [0.15, 0.2) is 0 Å². The molecule has 0 radical (unpaired) electrons. The molecule has 64 heavy (non-hydrogen) atoms. The van der Waals surface area contributed by atoms with Gasteiger partial charge in [0.1, 0.15) is 0 Å². The first kappa shape index (κ1) is 60.9. The van der Waals surface area contributed by atoms with Gasteiger partial charge in [-0.1, -0.05) is 213 Å². The van der Waals surface area contributed by atoms with Gasteiger partial charge >= 0.3 is 0 Å². The Morgan fingerprint density at radius 2 is 0.625 bits per heavy atom. The number of thioether (sulfide) groups is 1. The quantitative estimate of drug-likeness (QED) is 0.0563. The zero-order chi connectivity index (χ0) is 46.6. The van der Waals surface area contributed by atoms with E-state index in [9.17, 15) is 14.4 Å². The minimum Gasteiger partial charge on any atom is -0.338 e. The molecule has 1 aliphatic heterocycles. The van der Waals surface area contributed by atoms with Crippen LogP contribution in [-0.2, 0) is 14.4 Å². The van der Waals surface area contributed by atoms with Gasteiger partial charge in [0, 0.05) is 51.4 Å². The summed E-state index contributed by atoms with van der Waals surface area (Å²) in [7, 11) is 0. The number of hydrogen-bond donors (Lipinski definition) is 0. The van der Waals surface area contributed by atoms with Gasteiger partial charge < -0.3 is 14.7 Å². The van der Waals surface area contributed by atoms with Crippen molar-refractivity contribution in [2.75, 3.05) is 90.8 Å². The first-order valence-corrected chi connectivity index (χ1v) is 29.2. The average molecular weight is 921 g/mol. The van der Waals surface area contributed by atoms with Crippen LogP contribution in [0, 0.1) is 0 Å². The number of amides is 2. The van der Waals surface area contributed by atoms with Gasteiger partial charge in [0.05, 0.1) is 13.1 Å². The van der Waals surface area contributed by atoms with E-state index in [0.29, 0.717) is 50.8 Å². The Morgan fingerprint density at radius 3 is 1.00 bits per heavy atom. The summed E-state index contributed by atoms with van der Waals surface area (Å²) in [5.74, 6) is 1.34. The van der Waals surface area contributed by atoms with Crippen molar-refractivity contribution < 1.29 is 14.4 Å². The third kappa shape index (κ3) is 36.0. The predicted molar refractivity (Wildman–Crippen MR) is 281 cm³/mol. The molecule has 0 aromatic heterocycles. The Kier molecular flexibility index (Phi) is 43.4. The summed E-state index contributed by atoms with van der Waals surface area (Å²) in [4.78, 5) is 51.9. The molecule has 0 aromatic carbocycles. The largest absolute Gasteiger partial charge is 0.338 e. The zero-order valence-electron chi connectivity index (χ0n) is 43.6. The van der Waals surface area contributed by atoms with Crippen LogP contribution in [-0.4, -0.2) is 132 Å². The Morgan fingerprint density at radius 1 is 0.344 bits per heavy atom. The summed E-state index contributed by atoms with van der Waals surface area (Å²) in [5.41, 5.74) is 0. The number of rotatable bonds is 47. The van der Waals surface area contributed by atoms with Crippen molar-refractivity contribution in [2.24, 2.45) is 0 Å². The normalized spacial score (nSPS) is 13.3. The van der Waals surface area contributed by atoms with E-state index < -0.39 is 0 Å². The van der Waals surface area contributed by atoms with E-state index in [-0.39, 0.29) is 11.8 Å². The molecular weight excluding hydrogens is 811 g/mol. The van der Waals surface area contributed by atoms with Gasteiger partial charge in [0.15, 0.2) is 5.12 Å². The number of hydrogen-bond acceptors (Lipinski definition) is 7. The molecule has 0 aromatic rings. The maximum Gasteiger partial charge on any atom is 0.236 e. The van der Waals surface area contributed by atoms with Crippen LogP contribution in [0.2, 0.25) is 0 Å². The molecule has 1 aliphatic rings. The summed E-state index contributed by atoms with van der Waals surface area (Å²) in [6.45, 7) is 21.8. The van der Waals surface area contributed by atoms with E-state index in [1.807, 2.05) is 9.80 Å². The van der Waals surface area contributed by atoms with E-state index in [0.717, 1.165) is 57.7 Å². The lowest BCUT2D eigenvalue weighted by Gasteiger charge is -2.37. The molecule has 0 atom stereocenters. The maximum absolute atomic E-state index is 14.0. The molecular formula is C55H109N5O3S. The van der Waals surface area contributed by atoms with Gasteiger partial charge in [0.2, 0.25) is 11.8 Å². The van der Waals surface area contributed by atoms with Crippen LogP contribution in [0.5, 0.6) is 0 Å². The van der Waals surface area contributed by atoms with Crippen molar-refractivity contribution in [2.45, 2.75) is 247 Å². The summed E-state index contributed by atoms with van der Waals surface area (Å²) < 4.78 is 0. The summed E-state index contributed by atoms with van der Waals surface area (Å²) in [6.07, 6.45) is 41.5. The summed E-state index contributed by atoms with van der Waals surface area (Å²) >= 11 is 1.49. The Labute approximate surface area is 403 Å². The van der Waals surface area contributed by atoms with Gasteiger partial charge in [-0.3, -0.25) is 24.2 Å². The van der Waals surface area contributed by atoms with E-state index in [4.69, 9.17) is 0 Å². The highest BCUT2D eigenvalue weighted by molar-refractivity contribution is 8.13. The highest BCUT2D eigenvalue weighted by atomic mass is 32.2. The van der Waals surface area contributed by atoms with E-state index in [2.05, 4.69) is 49.3 Å². The van der Waals surface area contributed by atoms with Gasteiger partial charge in [-0.2, -0.15) is 0 Å². The maximum atomic E-state index is 14.0. The molecule has 0 aliphatic carbocycles. The second kappa shape index (κ2) is 45.6. The lowest BCUT2D eigenvalue weighted by Crippen LogP contribution is -2.54. The fraction of sp³-hybridized carbons (Fsp3) is 0.945. The highest BCUT2D eigenvalue weighted by Gasteiger charge is 2.26. The molecule has 378 valence electrons. The lowest BCUT2D eigenvalue weighted by molar-refractivity contribution is -0.140. The van der Waals surface area contributed by atoms with Gasteiger partial charge in [0.25, 0.3) is 0 Å². The molecule has 0 unspecified atom stereocenters. The average Bonchev–Trinajstić information content (AvgIpc) is 3.30. The molecule has 1 heterocycles. The van der Waals surface area contributed by atoms with E-state index >= 15 is 0 Å². The molecule has 9 heteroatoms. The second-order valence-electron chi connectivity index (χ2n) is 19.7. The number of piperazine rings is 1. The third-order valence-corrected chi connectivity index (χ3v) is 14.6. The number of unbranched alkanes of at least 4 members (excludes halogenated alkanes) is 26. The molecule has 0 saturated carbocycles. The first-order valence-electron chi connectivity index (χ1n) is 28.3. The van der Waals surface area contributed by atoms with Crippen LogP contribution in [0.4, 0.5) is 0 Å². The smallest absolute Gasteiger partial charge is 0.236 e. The molecule has 0 bridgehead atoms. The molecule has 1 rings (SSSR count). The van der Waals surface area contributed by atoms with Crippen LogP contribution < -0.4 is 0 Å². The standard InChI is InChI=1S/C55H109N5O3S/c1-6-11-16-20-24-28-32-39-56(40-33-29-25-21-17-12-7-2)44-45-58(42-35-31-27-23-19-14-9-4)52-54(62)60-48-46-59(47-49-60)53(61)51-57(41-34-30-26-22-18-13-8-3)43-37-38-55(63)64-50-36-15-10-5/h6-52H2,1-5H3. The topological polar surface area (TPSA) is 67.4 Å². The first-order chi connectivity index (χ1) is 31.4. The van der Waals surface area contributed by atoms with E-state index in [1.165, 1.54) is 211 Å². The molecule has 0 N–H and O–H groups in total. The minimum atomic E-state index is 0.179. The Hall–Kier alpha value is -1.16. The SMILES string of the molecule is CCCCCCCCCN(CCCCCCCCC)CCN(CCCCCCCCC)CC(=O)N1CCN(C(=O)CN(CCCCCCCCC)CCCC(=O)SCCCCC)CC1. The van der Waals surface area contributed by atoms with Crippen molar-refractivity contribution in [1.29, 1.82) is 0 Å². The van der Waals surface area contributed by atoms with Crippen LogP contribution in [0.1, 0.15) is 247 Å². The Bertz CT molecular complexity index is 1040. The Balaban J connectivity index is 2.80. The van der Waals surface area contributed by atoms with Crippen molar-refractivity contribution in [1.82, 2.24) is 24.5 Å². The number of carbonyl (C=O) groups is 3. The van der Waals surface area contributed by atoms with Gasteiger partial charge in [-0.05, 0) is 71.2 Å². The van der Waals surface area contributed by atoms with Gasteiger partial charge in [-0.25, -0.2) is 0 Å². The fourth-order valence-corrected chi connectivity index (χ4v) is 10.0. The number of carbonyl (C=O) groups excluding carboxylic acids is 3. The highest BCUT2D eigenvalue weighted by Crippen LogP contribution is 2.15. The molecule has 8 nitrogen and oxygen atoms in total. The third-order valence-electron chi connectivity index (χ3n) is 13.6. The second-order valence-corrected chi connectivity index (χ2v) is 20.8. The molecule has 1 fully saturated rings. The van der Waals surface area contributed by atoms with Gasteiger partial charge in [-0.15, -0.1) is 0 Å². The van der Waals surface area contributed by atoms with Crippen LogP contribution in [0.3, 0.4) is 0 Å². The monoisotopic (exact) mass is 920 g/mol. The predicted octanol–water partition coefficient (Wildman–Crippen LogP) is 13.8.